The van der Waals surface area contributed by atoms with Crippen molar-refractivity contribution >= 4 is 5.91 Å². The summed E-state index contributed by atoms with van der Waals surface area (Å²) in [5.74, 6) is 1.19. The molecule has 1 heterocycles. The number of carbonyl (C=O) groups excluding carboxylic acids is 1. The Bertz CT molecular complexity index is 234. The Hall–Kier alpha value is -0.570. The molecule has 15 heavy (non-hydrogen) atoms. The molecule has 2 rings (SSSR count). The van der Waals surface area contributed by atoms with E-state index in [2.05, 4.69) is 24.1 Å². The number of hydrogen-bond acceptors (Lipinski definition) is 2. The summed E-state index contributed by atoms with van der Waals surface area (Å²) in [5, 5.41) is 3.24. The summed E-state index contributed by atoms with van der Waals surface area (Å²) < 4.78 is 0. The maximum atomic E-state index is 12.2. The lowest BCUT2D eigenvalue weighted by molar-refractivity contribution is -0.138. The summed E-state index contributed by atoms with van der Waals surface area (Å²) in [7, 11) is 0. The summed E-state index contributed by atoms with van der Waals surface area (Å²) >= 11 is 0. The fraction of sp³-hybridized carbons (Fsp3) is 0.917. The Labute approximate surface area is 92.2 Å². The second-order valence-electron chi connectivity index (χ2n) is 4.97. The lowest BCUT2D eigenvalue weighted by Gasteiger charge is -2.35. The summed E-state index contributed by atoms with van der Waals surface area (Å²) in [6.07, 6.45) is 3.53. The third kappa shape index (κ3) is 2.33. The van der Waals surface area contributed by atoms with Crippen LogP contribution in [0.5, 0.6) is 0 Å². The minimum Gasteiger partial charge on any atom is -0.339 e. The van der Waals surface area contributed by atoms with E-state index in [-0.39, 0.29) is 5.92 Å². The molecular weight excluding hydrogens is 188 g/mol. The van der Waals surface area contributed by atoms with Gasteiger partial charge >= 0.3 is 0 Å². The van der Waals surface area contributed by atoms with Crippen LogP contribution in [0.25, 0.3) is 0 Å². The van der Waals surface area contributed by atoms with E-state index in [9.17, 15) is 4.79 Å². The van der Waals surface area contributed by atoms with Gasteiger partial charge in [0.2, 0.25) is 5.91 Å². The highest BCUT2D eigenvalue weighted by Crippen LogP contribution is 2.30. The van der Waals surface area contributed by atoms with Crippen LogP contribution in [0.2, 0.25) is 0 Å². The highest BCUT2D eigenvalue weighted by Gasteiger charge is 2.37. The largest absolute Gasteiger partial charge is 0.339 e. The summed E-state index contributed by atoms with van der Waals surface area (Å²) in [6.45, 7) is 7.25. The first-order chi connectivity index (χ1) is 7.24. The highest BCUT2D eigenvalue weighted by atomic mass is 16.2. The van der Waals surface area contributed by atoms with Gasteiger partial charge in [-0.3, -0.25) is 4.79 Å². The van der Waals surface area contributed by atoms with E-state index in [1.165, 1.54) is 12.8 Å². The molecule has 1 amide bonds. The van der Waals surface area contributed by atoms with Crippen LogP contribution in [0.1, 0.15) is 33.1 Å². The van der Waals surface area contributed by atoms with Crippen LogP contribution in [-0.2, 0) is 4.79 Å². The zero-order chi connectivity index (χ0) is 10.8. The average molecular weight is 210 g/mol. The molecule has 1 unspecified atom stereocenters. The molecule has 3 nitrogen and oxygen atoms in total. The molecular formula is C12H22N2O. The maximum absolute atomic E-state index is 12.2. The molecule has 2 aliphatic rings. The lowest BCUT2D eigenvalue weighted by atomic mass is 9.88. The molecule has 1 aliphatic carbocycles. The molecule has 0 radical (unpaired) electrons. The number of hydrogen-bond donors (Lipinski definition) is 1. The number of amides is 1. The molecule has 1 saturated heterocycles. The van der Waals surface area contributed by atoms with Crippen LogP contribution < -0.4 is 5.32 Å². The Balaban J connectivity index is 1.90. The van der Waals surface area contributed by atoms with E-state index in [1.54, 1.807) is 0 Å². The van der Waals surface area contributed by atoms with Gasteiger partial charge in [0, 0.05) is 18.5 Å². The van der Waals surface area contributed by atoms with E-state index < -0.39 is 0 Å². The Morgan fingerprint density at radius 3 is 2.53 bits per heavy atom. The van der Waals surface area contributed by atoms with Crippen molar-refractivity contribution in [2.24, 2.45) is 11.8 Å². The van der Waals surface area contributed by atoms with Crippen molar-refractivity contribution in [1.29, 1.82) is 0 Å². The van der Waals surface area contributed by atoms with Crippen molar-refractivity contribution in [3.63, 3.8) is 0 Å². The molecule has 0 aromatic heterocycles. The first-order valence-corrected chi connectivity index (χ1v) is 6.25. The van der Waals surface area contributed by atoms with Crippen LogP contribution in [0, 0.1) is 11.8 Å². The van der Waals surface area contributed by atoms with Gasteiger partial charge in [-0.05, 0) is 38.3 Å². The van der Waals surface area contributed by atoms with Gasteiger partial charge in [0.25, 0.3) is 0 Å². The summed E-state index contributed by atoms with van der Waals surface area (Å²) in [6, 6.07) is 0.577. The van der Waals surface area contributed by atoms with Gasteiger partial charge in [-0.1, -0.05) is 13.8 Å². The molecule has 1 aliphatic heterocycles. The minimum absolute atomic E-state index is 0.221. The van der Waals surface area contributed by atoms with E-state index in [0.717, 1.165) is 26.1 Å². The van der Waals surface area contributed by atoms with Crippen molar-refractivity contribution in [3.05, 3.63) is 0 Å². The Morgan fingerprint density at radius 2 is 2.13 bits per heavy atom. The lowest BCUT2D eigenvalue weighted by Crippen LogP contribution is -2.51. The van der Waals surface area contributed by atoms with Crippen LogP contribution >= 0.6 is 0 Å². The van der Waals surface area contributed by atoms with Gasteiger partial charge in [-0.15, -0.1) is 0 Å². The van der Waals surface area contributed by atoms with Crippen molar-refractivity contribution in [2.45, 2.75) is 39.2 Å². The topological polar surface area (TPSA) is 32.3 Å². The summed E-state index contributed by atoms with van der Waals surface area (Å²) in [5.41, 5.74) is 0. The third-order valence-electron chi connectivity index (χ3n) is 3.64. The van der Waals surface area contributed by atoms with Gasteiger partial charge in [0.15, 0.2) is 0 Å². The molecule has 0 aromatic carbocycles. The molecule has 0 bridgehead atoms. The molecule has 2 fully saturated rings. The van der Waals surface area contributed by atoms with E-state index >= 15 is 0 Å². The quantitative estimate of drug-likeness (QED) is 0.740. The monoisotopic (exact) mass is 210 g/mol. The Kier molecular flexibility index (Phi) is 3.29. The maximum Gasteiger partial charge on any atom is 0.226 e. The number of nitrogens with one attached hydrogen (secondary N) is 1. The fourth-order valence-corrected chi connectivity index (χ4v) is 2.23. The van der Waals surface area contributed by atoms with Crippen LogP contribution in [0.15, 0.2) is 0 Å². The summed E-state index contributed by atoms with van der Waals surface area (Å²) in [4.78, 5) is 14.4. The number of rotatable bonds is 5. The normalized spacial score (nSPS) is 23.3. The van der Waals surface area contributed by atoms with Gasteiger partial charge in [-0.25, -0.2) is 0 Å². The smallest absolute Gasteiger partial charge is 0.226 e. The SMILES string of the molecule is CCCN(C(=O)C(C)C1CNC1)C1CC1. The molecule has 1 N–H and O–H groups in total. The van der Waals surface area contributed by atoms with E-state index in [4.69, 9.17) is 0 Å². The highest BCUT2D eigenvalue weighted by molar-refractivity contribution is 5.79. The van der Waals surface area contributed by atoms with Gasteiger partial charge in [0.05, 0.1) is 0 Å². The van der Waals surface area contributed by atoms with E-state index in [1.807, 2.05) is 0 Å². The van der Waals surface area contributed by atoms with Crippen LogP contribution in [0.4, 0.5) is 0 Å². The van der Waals surface area contributed by atoms with Crippen LogP contribution in [0.3, 0.4) is 0 Å². The second-order valence-corrected chi connectivity index (χ2v) is 4.97. The molecule has 86 valence electrons. The number of nitrogens with zero attached hydrogens (tertiary/aromatic N) is 1. The minimum atomic E-state index is 0.221. The Morgan fingerprint density at radius 1 is 1.47 bits per heavy atom. The van der Waals surface area contributed by atoms with Gasteiger partial charge < -0.3 is 10.2 Å². The molecule has 1 saturated carbocycles. The first-order valence-electron chi connectivity index (χ1n) is 6.25. The van der Waals surface area contributed by atoms with E-state index in [0.29, 0.717) is 17.9 Å². The average Bonchev–Trinajstić information content (AvgIpc) is 2.93. The fourth-order valence-electron chi connectivity index (χ4n) is 2.23. The predicted octanol–water partition coefficient (Wildman–Crippen LogP) is 1.24. The van der Waals surface area contributed by atoms with Gasteiger partial charge in [0.1, 0.15) is 0 Å². The molecule has 3 heteroatoms. The zero-order valence-electron chi connectivity index (χ0n) is 9.83. The van der Waals surface area contributed by atoms with Crippen LogP contribution in [-0.4, -0.2) is 36.5 Å². The number of carbonyl (C=O) groups is 1. The second kappa shape index (κ2) is 4.52. The molecule has 0 aromatic rings. The van der Waals surface area contributed by atoms with Crippen molar-refractivity contribution in [3.8, 4) is 0 Å². The predicted molar refractivity (Wildman–Crippen MR) is 60.5 cm³/mol. The van der Waals surface area contributed by atoms with Gasteiger partial charge in [-0.2, -0.15) is 0 Å². The zero-order valence-corrected chi connectivity index (χ0v) is 9.83. The van der Waals surface area contributed by atoms with Crippen molar-refractivity contribution in [1.82, 2.24) is 10.2 Å². The third-order valence-corrected chi connectivity index (χ3v) is 3.64. The molecule has 1 atom stereocenters. The standard InChI is InChI=1S/C12H22N2O/c1-3-6-14(11-4-5-11)12(15)9(2)10-7-13-8-10/h9-11,13H,3-8H2,1-2H3. The molecule has 0 spiro atoms. The van der Waals surface area contributed by atoms with Crippen molar-refractivity contribution in [2.75, 3.05) is 19.6 Å². The van der Waals surface area contributed by atoms with Crippen molar-refractivity contribution < 1.29 is 4.79 Å². The first kappa shape index (κ1) is 10.9.